The van der Waals surface area contributed by atoms with E-state index in [0.29, 0.717) is 11.3 Å². The van der Waals surface area contributed by atoms with Crippen LogP contribution in [-0.2, 0) is 20.4 Å². The maximum atomic E-state index is 12.5. The Bertz CT molecular complexity index is 785. The molecule has 0 fully saturated rings. The van der Waals surface area contributed by atoms with Gasteiger partial charge in [-0.1, -0.05) is 48.0 Å². The molecule has 0 aliphatic rings. The van der Waals surface area contributed by atoms with E-state index >= 15 is 0 Å². The zero-order valence-electron chi connectivity index (χ0n) is 13.6. The number of aryl methyl sites for hydroxylation is 1. The van der Waals surface area contributed by atoms with Crippen LogP contribution >= 0.6 is 0 Å². The molecule has 0 bridgehead atoms. The van der Waals surface area contributed by atoms with Gasteiger partial charge in [0.2, 0.25) is 5.91 Å². The third-order valence-corrected chi connectivity index (χ3v) is 5.83. The zero-order valence-corrected chi connectivity index (χ0v) is 14.4. The molecule has 1 amide bonds. The van der Waals surface area contributed by atoms with Crippen molar-refractivity contribution >= 4 is 21.4 Å². The quantitative estimate of drug-likeness (QED) is 0.846. The first-order chi connectivity index (χ1) is 10.8. The summed E-state index contributed by atoms with van der Waals surface area (Å²) in [7, 11) is -1.98. The highest BCUT2D eigenvalue weighted by Crippen LogP contribution is 2.18. The second kappa shape index (κ2) is 6.96. The first-order valence-corrected chi connectivity index (χ1v) is 9.12. The second-order valence-corrected chi connectivity index (χ2v) is 7.99. The van der Waals surface area contributed by atoms with Crippen molar-refractivity contribution in [2.24, 2.45) is 0 Å². The third kappa shape index (κ3) is 4.20. The molecular weight excluding hydrogens is 310 g/mol. The minimum absolute atomic E-state index is 0.135. The predicted octanol–water partition coefficient (Wildman–Crippen LogP) is 2.96. The van der Waals surface area contributed by atoms with Crippen LogP contribution in [-0.4, -0.2) is 26.6 Å². The molecule has 0 aliphatic heterocycles. The minimum Gasteiger partial charge on any atom is -0.314 e. The van der Waals surface area contributed by atoms with Crippen LogP contribution in [0.1, 0.15) is 18.1 Å². The van der Waals surface area contributed by atoms with E-state index in [2.05, 4.69) is 0 Å². The van der Waals surface area contributed by atoms with Crippen molar-refractivity contribution in [1.29, 1.82) is 0 Å². The molecule has 122 valence electrons. The van der Waals surface area contributed by atoms with E-state index in [1.807, 2.05) is 43.3 Å². The molecule has 0 heterocycles. The van der Waals surface area contributed by atoms with E-state index in [9.17, 15) is 13.2 Å². The molecule has 1 atom stereocenters. The smallest absolute Gasteiger partial charge is 0.244 e. The number of amides is 1. The summed E-state index contributed by atoms with van der Waals surface area (Å²) in [5, 5.41) is -1.09. The Hall–Kier alpha value is -2.14. The lowest BCUT2D eigenvalue weighted by Gasteiger charge is -2.21. The molecule has 0 aromatic heterocycles. The molecule has 0 radical (unpaired) electrons. The highest BCUT2D eigenvalue weighted by atomic mass is 32.2. The van der Waals surface area contributed by atoms with Crippen molar-refractivity contribution in [2.45, 2.75) is 24.9 Å². The van der Waals surface area contributed by atoms with Crippen LogP contribution in [0.2, 0.25) is 0 Å². The third-order valence-electron chi connectivity index (χ3n) is 3.81. The number of rotatable bonds is 5. The Labute approximate surface area is 137 Å². The minimum atomic E-state index is -3.57. The lowest BCUT2D eigenvalue weighted by Crippen LogP contribution is -2.39. The molecule has 0 aliphatic carbocycles. The second-order valence-electron chi connectivity index (χ2n) is 5.67. The van der Waals surface area contributed by atoms with Gasteiger partial charge in [-0.3, -0.25) is 4.79 Å². The Balaban J connectivity index is 2.17. The van der Waals surface area contributed by atoms with Gasteiger partial charge < -0.3 is 4.90 Å². The summed E-state index contributed by atoms with van der Waals surface area (Å²) in [6.07, 6.45) is 0. The van der Waals surface area contributed by atoms with Crippen molar-refractivity contribution in [3.05, 3.63) is 65.7 Å². The van der Waals surface area contributed by atoms with Gasteiger partial charge in [-0.2, -0.15) is 0 Å². The van der Waals surface area contributed by atoms with Gasteiger partial charge in [0.25, 0.3) is 0 Å². The fourth-order valence-electron chi connectivity index (χ4n) is 2.36. The summed E-state index contributed by atoms with van der Waals surface area (Å²) >= 11 is 0. The fraction of sp³-hybridized carbons (Fsp3) is 0.278. The highest BCUT2D eigenvalue weighted by Gasteiger charge is 2.30. The zero-order chi connectivity index (χ0) is 17.0. The summed E-state index contributed by atoms with van der Waals surface area (Å²) in [6.45, 7) is 3.36. The van der Waals surface area contributed by atoms with Crippen LogP contribution in [0.25, 0.3) is 0 Å². The largest absolute Gasteiger partial charge is 0.314 e. The summed E-state index contributed by atoms with van der Waals surface area (Å²) in [4.78, 5) is 13.9. The molecule has 1 unspecified atom stereocenters. The van der Waals surface area contributed by atoms with E-state index in [4.69, 9.17) is 0 Å². The van der Waals surface area contributed by atoms with Crippen molar-refractivity contribution in [3.8, 4) is 0 Å². The van der Waals surface area contributed by atoms with Crippen LogP contribution in [0.4, 0.5) is 5.69 Å². The number of hydrogen-bond acceptors (Lipinski definition) is 3. The number of benzene rings is 2. The van der Waals surface area contributed by atoms with Crippen LogP contribution in [0, 0.1) is 6.92 Å². The summed E-state index contributed by atoms with van der Waals surface area (Å²) < 4.78 is 25.1. The first kappa shape index (κ1) is 17.2. The first-order valence-electron chi connectivity index (χ1n) is 7.41. The number of hydrogen-bond donors (Lipinski definition) is 0. The van der Waals surface area contributed by atoms with Crippen LogP contribution in [0.3, 0.4) is 0 Å². The maximum absolute atomic E-state index is 12.5. The van der Waals surface area contributed by atoms with Gasteiger partial charge in [-0.05, 0) is 31.5 Å². The average Bonchev–Trinajstić information content (AvgIpc) is 2.53. The maximum Gasteiger partial charge on any atom is 0.244 e. The van der Waals surface area contributed by atoms with Crippen molar-refractivity contribution in [2.75, 3.05) is 11.9 Å². The molecule has 2 rings (SSSR count). The predicted molar refractivity (Wildman–Crippen MR) is 93.1 cm³/mol. The fourth-order valence-corrected chi connectivity index (χ4v) is 3.72. The number of anilines is 1. The van der Waals surface area contributed by atoms with Crippen molar-refractivity contribution < 1.29 is 13.2 Å². The number of sulfone groups is 1. The molecule has 2 aromatic carbocycles. The van der Waals surface area contributed by atoms with Gasteiger partial charge in [-0.15, -0.1) is 0 Å². The summed E-state index contributed by atoms with van der Waals surface area (Å²) in [5.74, 6) is -0.562. The molecule has 23 heavy (non-hydrogen) atoms. The van der Waals surface area contributed by atoms with Crippen LogP contribution in [0.15, 0.2) is 54.6 Å². The van der Waals surface area contributed by atoms with Crippen LogP contribution < -0.4 is 4.90 Å². The monoisotopic (exact) mass is 331 g/mol. The van der Waals surface area contributed by atoms with Gasteiger partial charge in [-0.25, -0.2) is 8.42 Å². The van der Waals surface area contributed by atoms with E-state index in [1.54, 1.807) is 25.2 Å². The molecule has 2 aromatic rings. The highest BCUT2D eigenvalue weighted by molar-refractivity contribution is 7.92. The standard InChI is InChI=1S/C18H21NO3S/c1-14-8-7-9-16(12-14)13-23(21,22)15(2)18(20)19(3)17-10-5-4-6-11-17/h4-12,15H,13H2,1-3H3. The van der Waals surface area contributed by atoms with E-state index in [-0.39, 0.29) is 5.75 Å². The number of para-hydroxylation sites is 1. The van der Waals surface area contributed by atoms with E-state index in [1.165, 1.54) is 11.8 Å². The van der Waals surface area contributed by atoms with Gasteiger partial charge in [0.1, 0.15) is 5.25 Å². The van der Waals surface area contributed by atoms with Crippen molar-refractivity contribution in [3.63, 3.8) is 0 Å². The molecule has 0 saturated heterocycles. The normalized spacial score (nSPS) is 12.7. The number of carbonyl (C=O) groups is 1. The summed E-state index contributed by atoms with van der Waals surface area (Å²) in [6, 6.07) is 16.3. The van der Waals surface area contributed by atoms with Gasteiger partial charge >= 0.3 is 0 Å². The molecule has 4 nitrogen and oxygen atoms in total. The Morgan fingerprint density at radius 1 is 1.09 bits per heavy atom. The molecule has 0 N–H and O–H groups in total. The van der Waals surface area contributed by atoms with E-state index in [0.717, 1.165) is 5.56 Å². The lowest BCUT2D eigenvalue weighted by atomic mass is 10.2. The molecular formula is C18H21NO3S. The topological polar surface area (TPSA) is 54.5 Å². The van der Waals surface area contributed by atoms with Gasteiger partial charge in [0.15, 0.2) is 9.84 Å². The average molecular weight is 331 g/mol. The van der Waals surface area contributed by atoms with Gasteiger partial charge in [0, 0.05) is 12.7 Å². The lowest BCUT2D eigenvalue weighted by molar-refractivity contribution is -0.117. The SMILES string of the molecule is Cc1cccc(CS(=O)(=O)C(C)C(=O)N(C)c2ccccc2)c1. The Morgan fingerprint density at radius 3 is 2.35 bits per heavy atom. The number of carbonyl (C=O) groups excluding carboxylic acids is 1. The molecule has 0 saturated carbocycles. The van der Waals surface area contributed by atoms with Crippen molar-refractivity contribution in [1.82, 2.24) is 0 Å². The van der Waals surface area contributed by atoms with E-state index < -0.39 is 21.0 Å². The summed E-state index contributed by atoms with van der Waals surface area (Å²) in [5.41, 5.74) is 2.38. The molecule has 0 spiro atoms. The molecule has 5 heteroatoms. The Kier molecular flexibility index (Phi) is 5.21. The Morgan fingerprint density at radius 2 is 1.74 bits per heavy atom. The van der Waals surface area contributed by atoms with Gasteiger partial charge in [0.05, 0.1) is 5.75 Å². The number of nitrogens with zero attached hydrogens (tertiary/aromatic N) is 1. The van der Waals surface area contributed by atoms with Crippen LogP contribution in [0.5, 0.6) is 0 Å².